The summed E-state index contributed by atoms with van der Waals surface area (Å²) in [6.07, 6.45) is 5.55. The van der Waals surface area contributed by atoms with Gasteiger partial charge in [0.1, 0.15) is 0 Å². The van der Waals surface area contributed by atoms with Crippen molar-refractivity contribution in [2.24, 2.45) is 0 Å². The molecule has 3 aromatic heterocycles. The van der Waals surface area contributed by atoms with Gasteiger partial charge in [-0.1, -0.05) is 45.7 Å². The molecule has 0 saturated heterocycles. The number of nitrogens with one attached hydrogen (secondary N) is 1. The number of halogens is 2. The number of H-pyrrole nitrogens is 1. The van der Waals surface area contributed by atoms with Crippen molar-refractivity contribution in [3.05, 3.63) is 61.4 Å². The van der Waals surface area contributed by atoms with Crippen LogP contribution in [0.15, 0.2) is 27.9 Å². The molecule has 190 valence electrons. The smallest absolute Gasteiger partial charge is 0.334 e. The van der Waals surface area contributed by atoms with E-state index in [9.17, 15) is 14.0 Å². The number of nitrogens with zero attached hydrogens (tertiary/aromatic N) is 3. The first kappa shape index (κ1) is 27.2. The van der Waals surface area contributed by atoms with Crippen LogP contribution in [0.4, 0.5) is 4.39 Å². The number of fused-ring (bicyclic) bond motifs is 1. The third-order valence-electron chi connectivity index (χ3n) is 6.70. The van der Waals surface area contributed by atoms with Gasteiger partial charge in [-0.25, -0.2) is 18.7 Å². The van der Waals surface area contributed by atoms with Gasteiger partial charge in [0.15, 0.2) is 24.9 Å². The van der Waals surface area contributed by atoms with E-state index in [4.69, 9.17) is 16.0 Å². The first-order valence-corrected chi connectivity index (χ1v) is 15.3. The molecule has 3 heterocycles. The number of hydrogen-bond acceptors (Lipinski definition) is 5. The highest BCUT2D eigenvalue weighted by Gasteiger charge is 2.36. The van der Waals surface area contributed by atoms with Gasteiger partial charge in [0.25, 0.3) is 5.56 Å². The fraction of sp³-hybridized carbons (Fsp3) is 0.520. The lowest BCUT2D eigenvalue weighted by Crippen LogP contribution is -2.40. The molecule has 0 unspecified atom stereocenters. The molecule has 3 rings (SSSR count). The molecule has 0 saturated carbocycles. The van der Waals surface area contributed by atoms with E-state index >= 15 is 0 Å². The maximum Gasteiger partial charge on any atom is 0.334 e. The molecule has 3 aromatic rings. The zero-order chi connectivity index (χ0) is 26.0. The predicted octanol–water partition coefficient (Wildman–Crippen LogP) is 5.56. The van der Waals surface area contributed by atoms with Crippen LogP contribution in [0, 0.1) is 5.82 Å². The fourth-order valence-corrected chi connectivity index (χ4v) is 4.94. The molecule has 0 amide bonds. The average Bonchev–Trinajstić information content (AvgIpc) is 2.75. The molecule has 0 aromatic carbocycles. The Morgan fingerprint density at radius 3 is 2.57 bits per heavy atom. The van der Waals surface area contributed by atoms with E-state index in [-0.39, 0.29) is 16.1 Å². The van der Waals surface area contributed by atoms with Gasteiger partial charge >= 0.3 is 5.69 Å². The monoisotopic (exact) mass is 520 g/mol. The van der Waals surface area contributed by atoms with Crippen molar-refractivity contribution in [3.63, 3.8) is 0 Å². The van der Waals surface area contributed by atoms with Gasteiger partial charge in [0.2, 0.25) is 0 Å². The number of hydrogen-bond donors (Lipinski definition) is 1. The Kier molecular flexibility index (Phi) is 8.34. The summed E-state index contributed by atoms with van der Waals surface area (Å²) < 4.78 is 21.7. The van der Waals surface area contributed by atoms with Crippen LogP contribution < -0.4 is 11.2 Å². The van der Waals surface area contributed by atoms with Crippen molar-refractivity contribution in [2.75, 3.05) is 6.61 Å². The highest BCUT2D eigenvalue weighted by molar-refractivity contribution is 6.74. The molecule has 1 N–H and O–H groups in total. The van der Waals surface area contributed by atoms with Crippen molar-refractivity contribution >= 4 is 31.0 Å². The normalized spacial score (nSPS) is 12.5. The molecule has 0 spiro atoms. The first-order valence-electron chi connectivity index (χ1n) is 12.0. The maximum absolute atomic E-state index is 14.1. The van der Waals surface area contributed by atoms with Crippen LogP contribution in [0.3, 0.4) is 0 Å². The van der Waals surface area contributed by atoms with E-state index in [1.165, 1.54) is 4.57 Å². The van der Waals surface area contributed by atoms with Gasteiger partial charge in [0, 0.05) is 12.8 Å². The summed E-state index contributed by atoms with van der Waals surface area (Å²) in [5.41, 5.74) is 0.813. The second-order valence-electron chi connectivity index (χ2n) is 10.3. The summed E-state index contributed by atoms with van der Waals surface area (Å²) in [6, 6.07) is 2.88. The highest BCUT2D eigenvalue weighted by atomic mass is 35.5. The maximum atomic E-state index is 14.1. The molecule has 0 radical (unpaired) electrons. The van der Waals surface area contributed by atoms with Crippen LogP contribution in [0.1, 0.15) is 58.2 Å². The lowest BCUT2D eigenvalue weighted by atomic mass is 10.0. The molecule has 0 aliphatic rings. The molecule has 35 heavy (non-hydrogen) atoms. The minimum Gasteiger partial charge on any atom is -0.417 e. The van der Waals surface area contributed by atoms with Crippen molar-refractivity contribution in [3.8, 4) is 5.69 Å². The van der Waals surface area contributed by atoms with Crippen molar-refractivity contribution < 1.29 is 8.82 Å². The lowest BCUT2D eigenvalue weighted by Gasteiger charge is -2.36. The number of aromatic nitrogens is 4. The summed E-state index contributed by atoms with van der Waals surface area (Å²) in [5, 5.41) is -0.298. The Balaban J connectivity index is 2.00. The van der Waals surface area contributed by atoms with Crippen LogP contribution in [-0.2, 0) is 17.3 Å². The summed E-state index contributed by atoms with van der Waals surface area (Å²) in [4.78, 5) is 36.3. The van der Waals surface area contributed by atoms with E-state index in [1.54, 1.807) is 6.20 Å². The Labute approximate surface area is 210 Å². The molecule has 0 aliphatic carbocycles. The topological polar surface area (TPSA) is 89.9 Å². The largest absolute Gasteiger partial charge is 0.417 e. The third-order valence-corrected chi connectivity index (χ3v) is 11.5. The quantitative estimate of drug-likeness (QED) is 0.227. The number of pyridine rings is 2. The second-order valence-corrected chi connectivity index (χ2v) is 15.5. The number of aromatic amines is 1. The van der Waals surface area contributed by atoms with E-state index in [2.05, 4.69) is 48.8 Å². The van der Waals surface area contributed by atoms with E-state index in [0.29, 0.717) is 30.8 Å². The number of aryl methyl sites for hydroxylation is 2. The van der Waals surface area contributed by atoms with Gasteiger partial charge in [-0.05, 0) is 61.5 Å². The Bertz CT molecular complexity index is 1330. The summed E-state index contributed by atoms with van der Waals surface area (Å²) in [6.45, 7) is 13.8. The van der Waals surface area contributed by atoms with Crippen LogP contribution in [0.5, 0.6) is 0 Å². The summed E-state index contributed by atoms with van der Waals surface area (Å²) in [7, 11) is -1.81. The van der Waals surface area contributed by atoms with Crippen molar-refractivity contribution in [1.29, 1.82) is 0 Å². The van der Waals surface area contributed by atoms with Gasteiger partial charge in [-0.3, -0.25) is 14.8 Å². The van der Waals surface area contributed by atoms with Crippen LogP contribution in [0.2, 0.25) is 23.3 Å². The second kappa shape index (κ2) is 10.7. The van der Waals surface area contributed by atoms with Crippen molar-refractivity contribution in [2.45, 2.75) is 77.9 Å². The number of unbranched alkanes of at least 4 members (excludes halogenated alkanes) is 1. The van der Waals surface area contributed by atoms with Gasteiger partial charge in [0.05, 0.1) is 16.8 Å². The first-order chi connectivity index (χ1) is 16.4. The van der Waals surface area contributed by atoms with Gasteiger partial charge in [-0.15, -0.1) is 0 Å². The Morgan fingerprint density at radius 1 is 1.20 bits per heavy atom. The molecule has 10 heteroatoms. The minimum atomic E-state index is -1.81. The van der Waals surface area contributed by atoms with Crippen molar-refractivity contribution in [1.82, 2.24) is 19.5 Å². The zero-order valence-electron chi connectivity index (χ0n) is 21.3. The van der Waals surface area contributed by atoms with Gasteiger partial charge in [-0.2, -0.15) is 0 Å². The molecule has 0 aliphatic heterocycles. The number of rotatable bonds is 9. The van der Waals surface area contributed by atoms with Gasteiger partial charge < -0.3 is 4.43 Å². The minimum absolute atomic E-state index is 0.0120. The third kappa shape index (κ3) is 5.90. The van der Waals surface area contributed by atoms with E-state index in [1.807, 2.05) is 13.0 Å². The molecular weight excluding hydrogens is 487 g/mol. The van der Waals surface area contributed by atoms with E-state index < -0.39 is 30.5 Å². The molecule has 0 bridgehead atoms. The van der Waals surface area contributed by atoms with E-state index in [0.717, 1.165) is 30.9 Å². The zero-order valence-corrected chi connectivity index (χ0v) is 23.1. The molecular formula is C25H34ClFN4O3Si. The lowest BCUT2D eigenvalue weighted by molar-refractivity contribution is 0.279. The average molecular weight is 521 g/mol. The molecule has 0 atom stereocenters. The summed E-state index contributed by atoms with van der Waals surface area (Å²) in [5.74, 6) is -0.822. The predicted molar refractivity (Wildman–Crippen MR) is 141 cm³/mol. The standard InChI is InChI=1S/C25H34ClFN4O3Si/c1-7-10-19-20(31-22-17(23(32)30-24(31)33)15-18(27)21(26)29-22)16(12-13-28-19)11-8-9-14-34-35(5,6)25(2,3)4/h12-13,15H,7-11,14H2,1-6H3,(H,30,32,33). The molecule has 0 fully saturated rings. The SMILES string of the molecule is CCCc1nccc(CCCCO[Si](C)(C)C(C)(C)C)c1-n1c(=O)[nH]c(=O)c2cc(F)c(Cl)nc21. The van der Waals surface area contributed by atoms with Crippen LogP contribution in [0.25, 0.3) is 16.7 Å². The highest BCUT2D eigenvalue weighted by Crippen LogP contribution is 2.36. The van der Waals surface area contributed by atoms with Crippen LogP contribution >= 0.6 is 11.6 Å². The van der Waals surface area contributed by atoms with Crippen LogP contribution in [-0.4, -0.2) is 34.4 Å². The fourth-order valence-electron chi connectivity index (χ4n) is 3.72. The summed E-state index contributed by atoms with van der Waals surface area (Å²) >= 11 is 5.94. The Hall–Kier alpha value is -2.36. The Morgan fingerprint density at radius 2 is 1.91 bits per heavy atom. The molecule has 7 nitrogen and oxygen atoms in total.